The Balaban J connectivity index is 2.25. The molecule has 0 spiro atoms. The summed E-state index contributed by atoms with van der Waals surface area (Å²) in [6, 6.07) is 3.20. The largest absolute Gasteiger partial charge is 0.296 e. The first-order chi connectivity index (χ1) is 12.8. The van der Waals surface area contributed by atoms with Gasteiger partial charge in [-0.15, -0.1) is 10.2 Å². The number of halogens is 1. The van der Waals surface area contributed by atoms with Crippen molar-refractivity contribution in [3.8, 4) is 0 Å². The molecule has 0 aliphatic heterocycles. The number of hydrogen-bond donors (Lipinski definition) is 1. The van der Waals surface area contributed by atoms with Crippen molar-refractivity contribution in [3.63, 3.8) is 0 Å². The summed E-state index contributed by atoms with van der Waals surface area (Å²) in [5.74, 6) is -1.57. The van der Waals surface area contributed by atoms with Gasteiger partial charge in [-0.1, -0.05) is 38.5 Å². The molecule has 2 rings (SSSR count). The number of anilines is 1. The van der Waals surface area contributed by atoms with E-state index in [9.17, 15) is 17.6 Å². The molecule has 27 heavy (non-hydrogen) atoms. The topological polar surface area (TPSA) is 92.3 Å². The highest BCUT2D eigenvalue weighted by Gasteiger charge is 2.24. The minimum absolute atomic E-state index is 0.126. The van der Waals surface area contributed by atoms with Crippen LogP contribution in [0.2, 0.25) is 0 Å². The number of hydrogen-bond acceptors (Lipinski definition) is 6. The van der Waals surface area contributed by atoms with Gasteiger partial charge in [-0.2, -0.15) is 4.31 Å². The third kappa shape index (κ3) is 5.08. The van der Waals surface area contributed by atoms with Gasteiger partial charge in [0.05, 0.1) is 10.5 Å². The maximum Gasteiger partial charge on any atom is 0.260 e. The maximum absolute atomic E-state index is 14.1. The van der Waals surface area contributed by atoms with Crippen molar-refractivity contribution >= 4 is 32.4 Å². The van der Waals surface area contributed by atoms with E-state index in [0.29, 0.717) is 0 Å². The van der Waals surface area contributed by atoms with Gasteiger partial charge in [0.15, 0.2) is 0 Å². The number of aryl methyl sites for hydroxylation is 1. The van der Waals surface area contributed by atoms with Gasteiger partial charge in [0, 0.05) is 19.5 Å². The van der Waals surface area contributed by atoms with Crippen molar-refractivity contribution in [2.45, 2.75) is 44.9 Å². The summed E-state index contributed by atoms with van der Waals surface area (Å²) in [6.45, 7) is 6.05. The van der Waals surface area contributed by atoms with Crippen molar-refractivity contribution in [1.29, 1.82) is 0 Å². The maximum atomic E-state index is 14.1. The zero-order valence-corrected chi connectivity index (χ0v) is 17.2. The molecule has 1 heterocycles. The number of rotatable bonds is 9. The molecule has 1 amide bonds. The SMILES string of the molecule is CCCCc1nnc(NC(=O)c2cc(S(=O)(=O)N(CC)CC)ccc2F)s1. The summed E-state index contributed by atoms with van der Waals surface area (Å²) >= 11 is 1.22. The molecule has 0 radical (unpaired) electrons. The van der Waals surface area contributed by atoms with Gasteiger partial charge in [-0.25, -0.2) is 12.8 Å². The Morgan fingerprint density at radius 2 is 1.93 bits per heavy atom. The number of sulfonamides is 1. The van der Waals surface area contributed by atoms with Gasteiger partial charge in [0.1, 0.15) is 10.8 Å². The summed E-state index contributed by atoms with van der Waals surface area (Å²) in [7, 11) is -3.79. The molecule has 0 atom stereocenters. The minimum atomic E-state index is -3.79. The summed E-state index contributed by atoms with van der Waals surface area (Å²) in [6.07, 6.45) is 2.73. The molecule has 1 aromatic heterocycles. The fraction of sp³-hybridized carbons (Fsp3) is 0.471. The van der Waals surface area contributed by atoms with Gasteiger partial charge in [-0.3, -0.25) is 10.1 Å². The Bertz CT molecular complexity index is 895. The Morgan fingerprint density at radius 1 is 1.22 bits per heavy atom. The zero-order valence-electron chi connectivity index (χ0n) is 15.5. The number of unbranched alkanes of at least 4 members (excludes halogenated alkanes) is 1. The van der Waals surface area contributed by atoms with E-state index in [-0.39, 0.29) is 28.7 Å². The Hall–Kier alpha value is -1.91. The van der Waals surface area contributed by atoms with Crippen LogP contribution in [0.5, 0.6) is 0 Å². The molecule has 0 saturated carbocycles. The van der Waals surface area contributed by atoms with Crippen LogP contribution in [0.25, 0.3) is 0 Å². The Morgan fingerprint density at radius 3 is 2.56 bits per heavy atom. The lowest BCUT2D eigenvalue weighted by Crippen LogP contribution is -2.31. The molecule has 2 aromatic rings. The fourth-order valence-electron chi connectivity index (χ4n) is 2.45. The third-order valence-electron chi connectivity index (χ3n) is 3.96. The van der Waals surface area contributed by atoms with Gasteiger partial charge in [0.2, 0.25) is 15.2 Å². The molecule has 148 valence electrons. The standard InChI is InChI=1S/C17H23FN4O3S2/c1-4-7-8-15-20-21-17(26-15)19-16(23)13-11-12(9-10-14(13)18)27(24,25)22(5-2)6-3/h9-11H,4-8H2,1-3H3,(H,19,21,23). The van der Waals surface area contributed by atoms with Crippen LogP contribution in [0.3, 0.4) is 0 Å². The van der Waals surface area contributed by atoms with Crippen molar-refractivity contribution in [1.82, 2.24) is 14.5 Å². The summed E-state index contributed by atoms with van der Waals surface area (Å²) in [4.78, 5) is 12.3. The van der Waals surface area contributed by atoms with E-state index in [1.54, 1.807) is 13.8 Å². The summed E-state index contributed by atoms with van der Waals surface area (Å²) in [5.41, 5.74) is -0.353. The highest BCUT2D eigenvalue weighted by molar-refractivity contribution is 7.89. The second-order valence-corrected chi connectivity index (χ2v) is 8.79. The van der Waals surface area contributed by atoms with Crippen LogP contribution < -0.4 is 5.32 Å². The summed E-state index contributed by atoms with van der Waals surface area (Å²) in [5, 5.41) is 11.4. The number of carbonyl (C=O) groups is 1. The number of nitrogens with one attached hydrogen (secondary N) is 1. The first-order valence-electron chi connectivity index (χ1n) is 8.76. The van der Waals surface area contributed by atoms with Crippen molar-refractivity contribution < 1.29 is 17.6 Å². The molecule has 0 saturated heterocycles. The predicted molar refractivity (Wildman–Crippen MR) is 103 cm³/mol. The fourth-order valence-corrected chi connectivity index (χ4v) is 4.71. The zero-order chi connectivity index (χ0) is 20.0. The predicted octanol–water partition coefficient (Wildman–Crippen LogP) is 3.30. The van der Waals surface area contributed by atoms with Crippen molar-refractivity contribution in [3.05, 3.63) is 34.6 Å². The molecule has 0 bridgehead atoms. The van der Waals surface area contributed by atoms with Crippen LogP contribution in [0.4, 0.5) is 9.52 Å². The van der Waals surface area contributed by atoms with Gasteiger partial charge in [-0.05, 0) is 24.6 Å². The Labute approximate surface area is 162 Å². The van der Waals surface area contributed by atoms with E-state index in [0.717, 1.165) is 42.5 Å². The molecule has 0 aliphatic carbocycles. The highest BCUT2D eigenvalue weighted by Crippen LogP contribution is 2.22. The molecular formula is C17H23FN4O3S2. The molecule has 0 fully saturated rings. The van der Waals surface area contributed by atoms with Gasteiger partial charge < -0.3 is 0 Å². The number of aromatic nitrogens is 2. The average Bonchev–Trinajstić information content (AvgIpc) is 3.08. The normalized spacial score (nSPS) is 11.7. The second-order valence-electron chi connectivity index (χ2n) is 5.79. The lowest BCUT2D eigenvalue weighted by Gasteiger charge is -2.18. The van der Waals surface area contributed by atoms with E-state index < -0.39 is 21.7 Å². The first kappa shape index (κ1) is 21.4. The molecule has 0 aliphatic rings. The highest BCUT2D eigenvalue weighted by atomic mass is 32.2. The van der Waals surface area contributed by atoms with Crippen molar-refractivity contribution in [2.75, 3.05) is 18.4 Å². The van der Waals surface area contributed by atoms with E-state index in [4.69, 9.17) is 0 Å². The van der Waals surface area contributed by atoms with E-state index >= 15 is 0 Å². The lowest BCUT2D eigenvalue weighted by molar-refractivity contribution is 0.102. The van der Waals surface area contributed by atoms with Crippen molar-refractivity contribution in [2.24, 2.45) is 0 Å². The molecule has 10 heteroatoms. The third-order valence-corrected chi connectivity index (χ3v) is 6.90. The van der Waals surface area contributed by atoms with Crippen LogP contribution in [0, 0.1) is 5.82 Å². The first-order valence-corrected chi connectivity index (χ1v) is 11.0. The molecular weight excluding hydrogens is 391 g/mol. The Kier molecular flexibility index (Phi) is 7.40. The van der Waals surface area contributed by atoms with Gasteiger partial charge in [0.25, 0.3) is 5.91 Å². The van der Waals surface area contributed by atoms with Crippen LogP contribution in [-0.2, 0) is 16.4 Å². The molecule has 1 aromatic carbocycles. The summed E-state index contributed by atoms with van der Waals surface area (Å²) < 4.78 is 40.6. The van der Waals surface area contributed by atoms with Crippen LogP contribution in [-0.4, -0.2) is 41.9 Å². The number of benzene rings is 1. The average molecular weight is 415 g/mol. The number of amides is 1. The van der Waals surface area contributed by atoms with Crippen LogP contribution >= 0.6 is 11.3 Å². The smallest absolute Gasteiger partial charge is 0.260 e. The monoisotopic (exact) mass is 414 g/mol. The van der Waals surface area contributed by atoms with E-state index in [2.05, 4.69) is 22.4 Å². The molecule has 0 unspecified atom stereocenters. The molecule has 7 nitrogen and oxygen atoms in total. The number of carbonyl (C=O) groups excluding carboxylic acids is 1. The minimum Gasteiger partial charge on any atom is -0.296 e. The quantitative estimate of drug-likeness (QED) is 0.680. The van der Waals surface area contributed by atoms with Gasteiger partial charge >= 0.3 is 0 Å². The van der Waals surface area contributed by atoms with E-state index in [1.807, 2.05) is 0 Å². The molecule has 1 N–H and O–H groups in total. The lowest BCUT2D eigenvalue weighted by atomic mass is 10.2. The van der Waals surface area contributed by atoms with E-state index in [1.165, 1.54) is 15.6 Å². The van der Waals surface area contributed by atoms with Crippen LogP contribution in [0.1, 0.15) is 49.0 Å². The number of nitrogens with zero attached hydrogens (tertiary/aromatic N) is 3. The second kappa shape index (κ2) is 9.34. The van der Waals surface area contributed by atoms with Crippen LogP contribution in [0.15, 0.2) is 23.1 Å².